The zero-order valence-electron chi connectivity index (χ0n) is 8.70. The van der Waals surface area contributed by atoms with E-state index in [1.54, 1.807) is 0 Å². The highest BCUT2D eigenvalue weighted by atomic mass is 79.9. The zero-order chi connectivity index (χ0) is 11.9. The lowest BCUT2D eigenvalue weighted by Gasteiger charge is -1.97. The molecule has 0 fully saturated rings. The highest BCUT2D eigenvalue weighted by Crippen LogP contribution is 2.35. The third kappa shape index (κ3) is 1.68. The Bertz CT molecular complexity index is 580. The van der Waals surface area contributed by atoms with Crippen LogP contribution in [0.15, 0.2) is 10.5 Å². The number of rotatable bonds is 1. The number of halogens is 1. The molecule has 0 saturated heterocycles. The first-order valence-corrected chi connectivity index (χ1v) is 6.09. The molecule has 6 heteroatoms. The van der Waals surface area contributed by atoms with Gasteiger partial charge in [-0.25, -0.2) is 9.78 Å². The van der Waals surface area contributed by atoms with Crippen LogP contribution < -0.4 is 5.73 Å². The summed E-state index contributed by atoms with van der Waals surface area (Å²) in [5.41, 5.74) is 7.18. The molecule has 2 N–H and O–H groups in total. The quantitative estimate of drug-likeness (QED) is 0.823. The fourth-order valence-corrected chi connectivity index (χ4v) is 2.71. The summed E-state index contributed by atoms with van der Waals surface area (Å²) in [6.45, 7) is 1.89. The largest absolute Gasteiger partial charge is 0.465 e. The Morgan fingerprint density at radius 1 is 1.62 bits per heavy atom. The van der Waals surface area contributed by atoms with E-state index in [1.807, 2.05) is 13.0 Å². The van der Waals surface area contributed by atoms with Crippen molar-refractivity contribution < 1.29 is 9.53 Å². The molecule has 0 amide bonds. The van der Waals surface area contributed by atoms with E-state index >= 15 is 0 Å². The summed E-state index contributed by atoms with van der Waals surface area (Å²) < 4.78 is 5.53. The Hall–Kier alpha value is -1.14. The fraction of sp³-hybridized carbons (Fsp3) is 0.200. The fourth-order valence-electron chi connectivity index (χ4n) is 1.35. The first-order valence-electron chi connectivity index (χ1n) is 4.48. The number of esters is 1. The number of hydrogen-bond acceptors (Lipinski definition) is 5. The van der Waals surface area contributed by atoms with Gasteiger partial charge in [-0.1, -0.05) is 0 Å². The molecule has 4 nitrogen and oxygen atoms in total. The van der Waals surface area contributed by atoms with Crippen LogP contribution in [-0.4, -0.2) is 18.1 Å². The molecule has 0 aliphatic heterocycles. The second-order valence-electron chi connectivity index (χ2n) is 3.24. The van der Waals surface area contributed by atoms with E-state index in [-0.39, 0.29) is 0 Å². The van der Waals surface area contributed by atoms with Crippen molar-refractivity contribution in [3.05, 3.63) is 21.1 Å². The van der Waals surface area contributed by atoms with Crippen molar-refractivity contribution in [1.29, 1.82) is 0 Å². The van der Waals surface area contributed by atoms with Crippen molar-refractivity contribution >= 4 is 49.1 Å². The van der Waals surface area contributed by atoms with Crippen LogP contribution >= 0.6 is 27.3 Å². The van der Waals surface area contributed by atoms with E-state index in [4.69, 9.17) is 5.73 Å². The van der Waals surface area contributed by atoms with Gasteiger partial charge in [0.2, 0.25) is 0 Å². The maximum atomic E-state index is 11.4. The van der Waals surface area contributed by atoms with E-state index < -0.39 is 5.97 Å². The lowest BCUT2D eigenvalue weighted by molar-refractivity contribution is 0.0607. The molecule has 0 aliphatic carbocycles. The number of nitrogen functional groups attached to an aromatic ring is 1. The molecule has 2 aromatic rings. The maximum Gasteiger partial charge on any atom is 0.350 e. The molecule has 0 unspecified atom stereocenters. The average molecular weight is 301 g/mol. The summed E-state index contributed by atoms with van der Waals surface area (Å²) in [4.78, 5) is 17.0. The molecule has 0 atom stereocenters. The molecule has 0 saturated carbocycles. The van der Waals surface area contributed by atoms with Crippen molar-refractivity contribution in [2.45, 2.75) is 6.92 Å². The monoisotopic (exact) mass is 300 g/mol. The number of anilines is 1. The van der Waals surface area contributed by atoms with E-state index in [1.165, 1.54) is 18.4 Å². The predicted octanol–water partition coefficient (Wildman–Crippen LogP) is 2.74. The van der Waals surface area contributed by atoms with Gasteiger partial charge in [-0.15, -0.1) is 11.3 Å². The van der Waals surface area contributed by atoms with Crippen LogP contribution in [0.3, 0.4) is 0 Å². The predicted molar refractivity (Wildman–Crippen MR) is 67.8 cm³/mol. The van der Waals surface area contributed by atoms with Gasteiger partial charge in [0.15, 0.2) is 0 Å². The number of nitrogens with zero attached hydrogens (tertiary/aromatic N) is 1. The number of methoxy groups -OCH3 is 1. The maximum absolute atomic E-state index is 11.4. The number of thiophene rings is 1. The summed E-state index contributed by atoms with van der Waals surface area (Å²) in [6, 6.07) is 1.87. The van der Waals surface area contributed by atoms with E-state index in [0.717, 1.165) is 20.4 Å². The van der Waals surface area contributed by atoms with Gasteiger partial charge in [-0.3, -0.25) is 0 Å². The van der Waals surface area contributed by atoms with Crippen LogP contribution in [0.5, 0.6) is 0 Å². The summed E-state index contributed by atoms with van der Waals surface area (Å²) in [6.07, 6.45) is 0. The highest BCUT2D eigenvalue weighted by molar-refractivity contribution is 9.10. The number of fused-ring (bicyclic) bond motifs is 1. The molecule has 0 bridgehead atoms. The number of carbonyl (C=O) groups is 1. The molecule has 0 aliphatic rings. The molecule has 84 valence electrons. The summed E-state index contributed by atoms with van der Waals surface area (Å²) >= 11 is 4.63. The Morgan fingerprint density at radius 3 is 2.94 bits per heavy atom. The normalized spacial score (nSPS) is 10.7. The second kappa shape index (κ2) is 4.03. The Balaban J connectivity index is 2.73. The summed E-state index contributed by atoms with van der Waals surface area (Å²) in [7, 11) is 1.33. The zero-order valence-corrected chi connectivity index (χ0v) is 11.1. The second-order valence-corrected chi connectivity index (χ2v) is 5.10. The molecular weight excluding hydrogens is 292 g/mol. The smallest absolute Gasteiger partial charge is 0.350 e. The summed E-state index contributed by atoms with van der Waals surface area (Å²) in [5, 5.41) is 0.780. The molecule has 0 aromatic carbocycles. The van der Waals surface area contributed by atoms with Crippen molar-refractivity contribution in [1.82, 2.24) is 4.98 Å². The van der Waals surface area contributed by atoms with Crippen molar-refractivity contribution in [3.63, 3.8) is 0 Å². The van der Waals surface area contributed by atoms with Crippen LogP contribution in [0.25, 0.3) is 10.2 Å². The van der Waals surface area contributed by atoms with Crippen molar-refractivity contribution in [2.75, 3.05) is 12.8 Å². The minimum Gasteiger partial charge on any atom is -0.465 e. The van der Waals surface area contributed by atoms with E-state index in [0.29, 0.717) is 10.6 Å². The average Bonchev–Trinajstić information content (AvgIpc) is 2.56. The molecule has 0 spiro atoms. The molecule has 16 heavy (non-hydrogen) atoms. The standard InChI is InChI=1S/C10H9BrN2O2S/c1-4-6(11)3-5-7(12)8(10(14)15-2)16-9(5)13-4/h3H,12H2,1-2H3. The first kappa shape index (κ1) is 11.3. The number of hydrogen-bond donors (Lipinski definition) is 1. The van der Waals surface area contributed by atoms with Crippen LogP contribution in [0.1, 0.15) is 15.4 Å². The lowest BCUT2D eigenvalue weighted by atomic mass is 10.2. The van der Waals surface area contributed by atoms with Gasteiger partial charge in [-0.05, 0) is 28.9 Å². The van der Waals surface area contributed by atoms with Gasteiger partial charge in [0.1, 0.15) is 9.71 Å². The number of carbonyl (C=O) groups excluding carboxylic acids is 1. The third-order valence-electron chi connectivity index (χ3n) is 2.22. The van der Waals surface area contributed by atoms with Crippen molar-refractivity contribution in [2.24, 2.45) is 0 Å². The third-order valence-corrected chi connectivity index (χ3v) is 4.12. The van der Waals surface area contributed by atoms with E-state index in [9.17, 15) is 4.79 Å². The SMILES string of the molecule is COC(=O)c1sc2nc(C)c(Br)cc2c1N. The molecular formula is C10H9BrN2O2S. The van der Waals surface area contributed by atoms with Gasteiger partial charge < -0.3 is 10.5 Å². The number of ether oxygens (including phenoxy) is 1. The number of nitrogens with two attached hydrogens (primary N) is 1. The lowest BCUT2D eigenvalue weighted by Crippen LogP contribution is -2.01. The Labute approximate surface area is 105 Å². The Kier molecular flexibility index (Phi) is 2.86. The van der Waals surface area contributed by atoms with Gasteiger partial charge in [-0.2, -0.15) is 0 Å². The van der Waals surface area contributed by atoms with Crippen LogP contribution in [0.2, 0.25) is 0 Å². The van der Waals surface area contributed by atoms with Gasteiger partial charge in [0.05, 0.1) is 18.5 Å². The first-order chi connectivity index (χ1) is 7.54. The van der Waals surface area contributed by atoms with Crippen LogP contribution in [-0.2, 0) is 4.74 Å². The highest BCUT2D eigenvalue weighted by Gasteiger charge is 2.18. The molecule has 2 rings (SSSR count). The van der Waals surface area contributed by atoms with Crippen LogP contribution in [0, 0.1) is 6.92 Å². The Morgan fingerprint density at radius 2 is 2.31 bits per heavy atom. The van der Waals surface area contributed by atoms with Gasteiger partial charge >= 0.3 is 5.97 Å². The summed E-state index contributed by atoms with van der Waals surface area (Å²) in [5.74, 6) is -0.422. The number of aryl methyl sites for hydroxylation is 1. The van der Waals surface area contributed by atoms with E-state index in [2.05, 4.69) is 25.7 Å². The van der Waals surface area contributed by atoms with Crippen molar-refractivity contribution in [3.8, 4) is 0 Å². The van der Waals surface area contributed by atoms with Crippen LogP contribution in [0.4, 0.5) is 5.69 Å². The topological polar surface area (TPSA) is 65.2 Å². The van der Waals surface area contributed by atoms with Gasteiger partial charge in [0.25, 0.3) is 0 Å². The number of aromatic nitrogens is 1. The minimum atomic E-state index is -0.422. The minimum absolute atomic E-state index is 0.405. The molecule has 2 heterocycles. The van der Waals surface area contributed by atoms with Gasteiger partial charge in [0, 0.05) is 9.86 Å². The molecule has 0 radical (unpaired) electrons. The number of pyridine rings is 1. The molecule has 2 aromatic heterocycles.